The third-order valence-corrected chi connectivity index (χ3v) is 4.55. The average molecular weight is 257 g/mol. The number of alkyl halides is 2. The fourth-order valence-electron chi connectivity index (χ4n) is 1.99. The lowest BCUT2D eigenvalue weighted by atomic mass is 10.3. The summed E-state index contributed by atoms with van der Waals surface area (Å²) in [4.78, 5) is 0.197. The molecule has 0 N–H and O–H groups in total. The van der Waals surface area contributed by atoms with Gasteiger partial charge in [-0.25, -0.2) is 0 Å². The molecular weight excluding hydrogens is 246 g/mol. The van der Waals surface area contributed by atoms with Crippen molar-refractivity contribution in [1.82, 2.24) is 0 Å². The van der Waals surface area contributed by atoms with Gasteiger partial charge >= 0.3 is 0 Å². The molecule has 2 rings (SSSR count). The van der Waals surface area contributed by atoms with Crippen molar-refractivity contribution in [3.63, 3.8) is 0 Å². The molecule has 2 heteroatoms. The second-order valence-corrected chi connectivity index (χ2v) is 5.30. The molecule has 0 saturated heterocycles. The Balaban J connectivity index is 2.05. The quantitative estimate of drug-likeness (QED) is 0.500. The Morgan fingerprint density at radius 2 is 2.33 bits per heavy atom. The Morgan fingerprint density at radius 1 is 1.78 bits per heavy atom. The normalized spacial score (nSPS) is 62.3. The molecule has 2 aliphatic carbocycles. The molecule has 0 radical (unpaired) electrons. The highest BCUT2D eigenvalue weighted by Gasteiger charge is 2.76. The SMILES string of the molecule is CC1(Cl)CC12CC2CI. The molecule has 2 saturated carbocycles. The Hall–Kier alpha value is 1.02. The van der Waals surface area contributed by atoms with E-state index >= 15 is 0 Å². The number of rotatable bonds is 1. The molecule has 1 spiro atoms. The first-order chi connectivity index (χ1) is 4.12. The van der Waals surface area contributed by atoms with E-state index in [1.54, 1.807) is 0 Å². The van der Waals surface area contributed by atoms with Crippen molar-refractivity contribution in [3.8, 4) is 0 Å². The van der Waals surface area contributed by atoms with Gasteiger partial charge in [-0.15, -0.1) is 11.6 Å². The zero-order valence-corrected chi connectivity index (χ0v) is 8.37. The van der Waals surface area contributed by atoms with Crippen LogP contribution in [0.4, 0.5) is 0 Å². The van der Waals surface area contributed by atoms with Gasteiger partial charge in [0.1, 0.15) is 0 Å². The van der Waals surface area contributed by atoms with Gasteiger partial charge in [-0.3, -0.25) is 0 Å². The molecular formula is C7H10ClI. The van der Waals surface area contributed by atoms with Gasteiger partial charge in [0, 0.05) is 9.30 Å². The molecule has 9 heavy (non-hydrogen) atoms. The monoisotopic (exact) mass is 256 g/mol. The topological polar surface area (TPSA) is 0 Å². The van der Waals surface area contributed by atoms with Crippen molar-refractivity contribution < 1.29 is 0 Å². The highest BCUT2D eigenvalue weighted by molar-refractivity contribution is 14.1. The van der Waals surface area contributed by atoms with E-state index in [2.05, 4.69) is 29.5 Å². The zero-order chi connectivity index (χ0) is 6.70. The number of halogens is 2. The number of hydrogen-bond donors (Lipinski definition) is 0. The van der Waals surface area contributed by atoms with Gasteiger partial charge in [-0.05, 0) is 31.1 Å². The molecule has 0 aromatic heterocycles. The molecule has 0 amide bonds. The summed E-state index contributed by atoms with van der Waals surface area (Å²) < 4.78 is 1.31. The largest absolute Gasteiger partial charge is 0.119 e. The van der Waals surface area contributed by atoms with Crippen LogP contribution in [0.2, 0.25) is 0 Å². The van der Waals surface area contributed by atoms with Crippen molar-refractivity contribution in [2.45, 2.75) is 24.6 Å². The Kier molecular flexibility index (Phi) is 1.20. The fourth-order valence-corrected chi connectivity index (χ4v) is 3.61. The van der Waals surface area contributed by atoms with E-state index in [9.17, 15) is 0 Å². The molecule has 52 valence electrons. The second kappa shape index (κ2) is 1.60. The van der Waals surface area contributed by atoms with Crippen LogP contribution in [-0.4, -0.2) is 9.30 Å². The number of hydrogen-bond acceptors (Lipinski definition) is 0. The standard InChI is InChI=1S/C7H10ClI/c1-6(8)4-7(6)2-5(7)3-9/h5H,2-4H2,1H3. The minimum atomic E-state index is 0.197. The summed E-state index contributed by atoms with van der Waals surface area (Å²) in [5.74, 6) is 0.959. The first-order valence-electron chi connectivity index (χ1n) is 3.37. The minimum absolute atomic E-state index is 0.197. The van der Waals surface area contributed by atoms with Gasteiger partial charge in [-0.2, -0.15) is 0 Å². The van der Waals surface area contributed by atoms with Gasteiger partial charge in [0.15, 0.2) is 0 Å². The van der Waals surface area contributed by atoms with Crippen LogP contribution in [0.25, 0.3) is 0 Å². The molecule has 2 fully saturated rings. The van der Waals surface area contributed by atoms with E-state index in [0.29, 0.717) is 5.41 Å². The lowest BCUT2D eigenvalue weighted by Gasteiger charge is -1.95. The Labute approximate surface area is 74.5 Å². The summed E-state index contributed by atoms with van der Waals surface area (Å²) in [6.45, 7) is 2.18. The van der Waals surface area contributed by atoms with Crippen molar-refractivity contribution in [3.05, 3.63) is 0 Å². The van der Waals surface area contributed by atoms with Gasteiger partial charge in [0.2, 0.25) is 0 Å². The third-order valence-electron chi connectivity index (χ3n) is 2.98. The predicted octanol–water partition coefficient (Wildman–Crippen LogP) is 2.83. The maximum atomic E-state index is 6.17. The van der Waals surface area contributed by atoms with Gasteiger partial charge < -0.3 is 0 Å². The van der Waals surface area contributed by atoms with Gasteiger partial charge in [-0.1, -0.05) is 22.6 Å². The van der Waals surface area contributed by atoms with Crippen LogP contribution >= 0.6 is 34.2 Å². The molecule has 0 aliphatic heterocycles. The van der Waals surface area contributed by atoms with Gasteiger partial charge in [0.25, 0.3) is 0 Å². The van der Waals surface area contributed by atoms with E-state index in [1.807, 2.05) is 0 Å². The van der Waals surface area contributed by atoms with Crippen LogP contribution in [0.15, 0.2) is 0 Å². The van der Waals surface area contributed by atoms with Crippen LogP contribution in [0.1, 0.15) is 19.8 Å². The molecule has 2 aliphatic rings. The summed E-state index contributed by atoms with van der Waals surface area (Å²) >= 11 is 8.63. The van der Waals surface area contributed by atoms with Crippen molar-refractivity contribution in [2.75, 3.05) is 4.43 Å². The first-order valence-corrected chi connectivity index (χ1v) is 5.28. The van der Waals surface area contributed by atoms with Crippen molar-refractivity contribution in [2.24, 2.45) is 11.3 Å². The summed E-state index contributed by atoms with van der Waals surface area (Å²) in [6, 6.07) is 0. The van der Waals surface area contributed by atoms with E-state index < -0.39 is 0 Å². The van der Waals surface area contributed by atoms with Crippen molar-refractivity contribution in [1.29, 1.82) is 0 Å². The van der Waals surface area contributed by atoms with Crippen LogP contribution < -0.4 is 0 Å². The van der Waals surface area contributed by atoms with E-state index in [4.69, 9.17) is 11.6 Å². The Bertz CT molecular complexity index is 155. The second-order valence-electron chi connectivity index (χ2n) is 3.59. The predicted molar refractivity (Wildman–Crippen MR) is 48.3 cm³/mol. The average Bonchev–Trinajstić information content (AvgIpc) is 2.53. The van der Waals surface area contributed by atoms with Crippen LogP contribution in [0, 0.1) is 11.3 Å². The maximum absolute atomic E-state index is 6.17. The summed E-state index contributed by atoms with van der Waals surface area (Å²) in [5.41, 5.74) is 0.621. The van der Waals surface area contributed by atoms with E-state index in [-0.39, 0.29) is 4.87 Å². The molecule has 0 aromatic rings. The lowest BCUT2D eigenvalue weighted by molar-refractivity contribution is 0.727. The zero-order valence-electron chi connectivity index (χ0n) is 5.45. The van der Waals surface area contributed by atoms with Crippen LogP contribution in [-0.2, 0) is 0 Å². The van der Waals surface area contributed by atoms with Crippen LogP contribution in [0.3, 0.4) is 0 Å². The van der Waals surface area contributed by atoms with E-state index in [0.717, 1.165) is 5.92 Å². The molecule has 3 unspecified atom stereocenters. The summed E-state index contributed by atoms with van der Waals surface area (Å²) in [7, 11) is 0. The minimum Gasteiger partial charge on any atom is -0.119 e. The molecule has 3 atom stereocenters. The van der Waals surface area contributed by atoms with Gasteiger partial charge in [0.05, 0.1) is 0 Å². The molecule has 0 nitrogen and oxygen atoms in total. The molecule has 0 bridgehead atoms. The third kappa shape index (κ3) is 0.710. The summed E-state index contributed by atoms with van der Waals surface area (Å²) in [6.07, 6.45) is 2.67. The highest BCUT2D eigenvalue weighted by Crippen LogP contribution is 2.79. The highest BCUT2D eigenvalue weighted by atomic mass is 127. The van der Waals surface area contributed by atoms with E-state index in [1.165, 1.54) is 17.3 Å². The lowest BCUT2D eigenvalue weighted by Crippen LogP contribution is -1.96. The Morgan fingerprint density at radius 3 is 2.44 bits per heavy atom. The molecule has 0 heterocycles. The summed E-state index contributed by atoms with van der Waals surface area (Å²) in [5, 5.41) is 0. The fraction of sp³-hybridized carbons (Fsp3) is 1.00. The van der Waals surface area contributed by atoms with Crippen LogP contribution in [0.5, 0.6) is 0 Å². The van der Waals surface area contributed by atoms with Crippen molar-refractivity contribution >= 4 is 34.2 Å². The first kappa shape index (κ1) is 6.71. The molecule has 0 aromatic carbocycles. The smallest absolute Gasteiger partial charge is 0.0484 e. The maximum Gasteiger partial charge on any atom is 0.0484 e.